The predicted molar refractivity (Wildman–Crippen MR) is 305 cm³/mol. The van der Waals surface area contributed by atoms with E-state index in [-0.39, 0.29) is 0 Å². The van der Waals surface area contributed by atoms with E-state index in [9.17, 15) is 0 Å². The highest BCUT2D eigenvalue weighted by Crippen LogP contribution is 2.42. The van der Waals surface area contributed by atoms with Crippen LogP contribution in [0.4, 0.5) is 0 Å². The van der Waals surface area contributed by atoms with Crippen LogP contribution in [0.3, 0.4) is 0 Å². The number of nitrogens with zero attached hydrogens (tertiary/aromatic N) is 4. The van der Waals surface area contributed by atoms with E-state index in [4.69, 9.17) is 4.98 Å². The van der Waals surface area contributed by atoms with Crippen molar-refractivity contribution in [2.75, 3.05) is 0 Å². The van der Waals surface area contributed by atoms with E-state index in [0.29, 0.717) is 0 Å². The number of benzene rings is 10. The molecule has 13 aromatic rings. The lowest BCUT2D eigenvalue weighted by Crippen LogP contribution is -2.01. The zero-order chi connectivity index (χ0) is 48.0. The lowest BCUT2D eigenvalue weighted by Gasteiger charge is -2.15. The Bertz CT molecular complexity index is 4310. The molecular formula is C67H50N4. The maximum absolute atomic E-state index is 5.49. The Morgan fingerprint density at radius 2 is 0.859 bits per heavy atom. The lowest BCUT2D eigenvalue weighted by molar-refractivity contribution is 1.09. The van der Waals surface area contributed by atoms with Crippen LogP contribution in [0.25, 0.3) is 115 Å². The van der Waals surface area contributed by atoms with Gasteiger partial charge in [-0.25, -0.2) is 4.98 Å². The first-order valence-electron chi connectivity index (χ1n) is 24.2. The maximum Gasteiger partial charge on any atom is 0.145 e. The molecule has 10 aromatic carbocycles. The Morgan fingerprint density at radius 3 is 1.46 bits per heavy atom. The van der Waals surface area contributed by atoms with Gasteiger partial charge in [0, 0.05) is 54.9 Å². The van der Waals surface area contributed by atoms with E-state index in [2.05, 4.69) is 247 Å². The number of rotatable bonds is 8. The molecule has 0 unspecified atom stereocenters. The summed E-state index contributed by atoms with van der Waals surface area (Å²) < 4.78 is 7.27. The fourth-order valence-corrected chi connectivity index (χ4v) is 10.5. The molecule has 338 valence electrons. The molecule has 4 nitrogen and oxygen atoms in total. The van der Waals surface area contributed by atoms with Gasteiger partial charge in [-0.3, -0.25) is 4.57 Å². The first kappa shape index (κ1) is 43.1. The fraction of sp³-hybridized carbons (Fsp3) is 0.0299. The van der Waals surface area contributed by atoms with Crippen LogP contribution in [0.1, 0.15) is 13.8 Å². The van der Waals surface area contributed by atoms with Crippen molar-refractivity contribution in [2.45, 2.75) is 13.8 Å². The SMILES string of the molecule is C=C\C=C/C(C)=C(C)\C=C/C=C.c1ccc(-c2nc3c4ccccc4c4ccccc4c3n2-c2cccc(-n3c4ccccc4c4cc5c(cc43)c3ccccc3n5-c3ccc4ccccc4c3)c2)cc1. The summed E-state index contributed by atoms with van der Waals surface area (Å²) in [7, 11) is 0. The smallest absolute Gasteiger partial charge is 0.145 e. The van der Waals surface area contributed by atoms with Crippen molar-refractivity contribution in [1.29, 1.82) is 0 Å². The molecule has 0 amide bonds. The van der Waals surface area contributed by atoms with E-state index < -0.39 is 0 Å². The van der Waals surface area contributed by atoms with Crippen molar-refractivity contribution in [1.82, 2.24) is 18.7 Å². The minimum absolute atomic E-state index is 0.921. The third-order valence-corrected chi connectivity index (χ3v) is 14.0. The Kier molecular flexibility index (Phi) is 10.9. The van der Waals surface area contributed by atoms with Crippen LogP contribution in [0, 0.1) is 0 Å². The standard InChI is InChI=1S/C55H34N4.C12H16/c1-2-16-36(17-3-1)55-56-53-45-25-8-6-21-41(45)42-22-7-9-26-46(42)54(53)59(55)39-20-14-19-38(32-39)57-49-27-12-10-23-43(49)47-34-52-48(33-51(47)57)44-24-11-13-28-50(44)58(52)40-30-29-35-15-4-5-18-37(35)31-40;1-5-7-9-11(3)12(4)10-8-6-2/h1-34H;5-10H,1-2H2,3-4H3/b;9-7-,10-8-,12-11-. The monoisotopic (exact) mass is 910 g/mol. The molecule has 0 radical (unpaired) electrons. The van der Waals surface area contributed by atoms with Gasteiger partial charge in [0.15, 0.2) is 0 Å². The van der Waals surface area contributed by atoms with Gasteiger partial charge in [-0.05, 0) is 101 Å². The number of aromatic nitrogens is 4. The highest BCUT2D eigenvalue weighted by molar-refractivity contribution is 6.24. The van der Waals surface area contributed by atoms with Crippen molar-refractivity contribution in [2.24, 2.45) is 0 Å². The average molecular weight is 911 g/mol. The zero-order valence-corrected chi connectivity index (χ0v) is 39.8. The van der Waals surface area contributed by atoms with Crippen molar-refractivity contribution in [3.05, 3.63) is 267 Å². The molecule has 0 aliphatic rings. The molecule has 71 heavy (non-hydrogen) atoms. The maximum atomic E-state index is 5.49. The van der Waals surface area contributed by atoms with Crippen LogP contribution in [0.15, 0.2) is 267 Å². The van der Waals surface area contributed by atoms with Crippen LogP contribution >= 0.6 is 0 Å². The largest absolute Gasteiger partial charge is 0.309 e. The van der Waals surface area contributed by atoms with Gasteiger partial charge in [0.1, 0.15) is 5.82 Å². The first-order chi connectivity index (χ1) is 35.0. The fourth-order valence-electron chi connectivity index (χ4n) is 10.5. The topological polar surface area (TPSA) is 27.7 Å². The van der Waals surface area contributed by atoms with Gasteiger partial charge in [0.2, 0.25) is 0 Å². The second-order valence-electron chi connectivity index (χ2n) is 18.1. The number of hydrogen-bond acceptors (Lipinski definition) is 1. The van der Waals surface area contributed by atoms with Crippen molar-refractivity contribution >= 4 is 87.0 Å². The minimum atomic E-state index is 0.921. The predicted octanol–water partition coefficient (Wildman–Crippen LogP) is 18.2. The van der Waals surface area contributed by atoms with Crippen LogP contribution in [-0.2, 0) is 0 Å². The van der Waals surface area contributed by atoms with Gasteiger partial charge in [-0.1, -0.05) is 201 Å². The van der Waals surface area contributed by atoms with Crippen LogP contribution < -0.4 is 0 Å². The Hall–Kier alpha value is -9.25. The molecule has 0 N–H and O–H groups in total. The third-order valence-electron chi connectivity index (χ3n) is 14.0. The number of fused-ring (bicyclic) bond motifs is 13. The second kappa shape index (κ2) is 18.0. The average Bonchev–Trinajstić information content (AvgIpc) is 4.10. The van der Waals surface area contributed by atoms with Crippen LogP contribution in [-0.4, -0.2) is 18.7 Å². The first-order valence-corrected chi connectivity index (χ1v) is 24.2. The minimum Gasteiger partial charge on any atom is -0.309 e. The number of allylic oxidation sites excluding steroid dienone is 8. The van der Waals surface area contributed by atoms with Crippen LogP contribution in [0.2, 0.25) is 0 Å². The normalized spacial score (nSPS) is 12.3. The quantitative estimate of drug-likeness (QED) is 0.110. The highest BCUT2D eigenvalue weighted by Gasteiger charge is 2.22. The molecule has 0 saturated carbocycles. The molecule has 0 aliphatic heterocycles. The summed E-state index contributed by atoms with van der Waals surface area (Å²) in [5.74, 6) is 0.921. The number of para-hydroxylation sites is 2. The number of hydrogen-bond donors (Lipinski definition) is 0. The third kappa shape index (κ3) is 7.36. The van der Waals surface area contributed by atoms with Gasteiger partial charge < -0.3 is 9.13 Å². The summed E-state index contributed by atoms with van der Waals surface area (Å²) in [6.07, 6.45) is 11.5. The zero-order valence-electron chi connectivity index (χ0n) is 39.8. The molecule has 0 bridgehead atoms. The summed E-state index contributed by atoms with van der Waals surface area (Å²) in [6, 6.07) is 74.9. The Labute approximate surface area is 413 Å². The van der Waals surface area contributed by atoms with Crippen LogP contribution in [0.5, 0.6) is 0 Å². The molecule has 13 rings (SSSR count). The van der Waals surface area contributed by atoms with Gasteiger partial charge in [-0.2, -0.15) is 0 Å². The lowest BCUT2D eigenvalue weighted by atomic mass is 10.00. The van der Waals surface area contributed by atoms with E-state index in [1.807, 2.05) is 24.3 Å². The highest BCUT2D eigenvalue weighted by atomic mass is 15.1. The molecule has 4 heteroatoms. The molecule has 3 aromatic heterocycles. The van der Waals surface area contributed by atoms with E-state index in [0.717, 1.165) is 44.9 Å². The van der Waals surface area contributed by atoms with E-state index in [1.165, 1.54) is 81.7 Å². The molecule has 0 fully saturated rings. The van der Waals surface area contributed by atoms with E-state index in [1.54, 1.807) is 12.2 Å². The van der Waals surface area contributed by atoms with Crippen molar-refractivity contribution < 1.29 is 0 Å². The molecule has 0 spiro atoms. The molecular weight excluding hydrogens is 861 g/mol. The second-order valence-corrected chi connectivity index (χ2v) is 18.1. The summed E-state index contributed by atoms with van der Waals surface area (Å²) in [5.41, 5.74) is 13.7. The molecule has 0 aliphatic carbocycles. The summed E-state index contributed by atoms with van der Waals surface area (Å²) in [6.45, 7) is 11.4. The molecule has 0 saturated heterocycles. The van der Waals surface area contributed by atoms with E-state index >= 15 is 0 Å². The summed E-state index contributed by atoms with van der Waals surface area (Å²) in [4.78, 5) is 5.49. The van der Waals surface area contributed by atoms with Gasteiger partial charge >= 0.3 is 0 Å². The Balaban J connectivity index is 0.000000385. The van der Waals surface area contributed by atoms with Gasteiger partial charge in [0.05, 0.1) is 33.1 Å². The molecule has 0 atom stereocenters. The Morgan fingerprint density at radius 1 is 0.380 bits per heavy atom. The van der Waals surface area contributed by atoms with Crippen molar-refractivity contribution in [3.8, 4) is 28.5 Å². The number of imidazole rings is 1. The summed E-state index contributed by atoms with van der Waals surface area (Å²) in [5, 5.41) is 12.2. The van der Waals surface area contributed by atoms with Crippen molar-refractivity contribution in [3.63, 3.8) is 0 Å². The van der Waals surface area contributed by atoms with Gasteiger partial charge in [-0.15, -0.1) is 0 Å². The molecule has 3 heterocycles. The van der Waals surface area contributed by atoms with Gasteiger partial charge in [0.25, 0.3) is 0 Å². The summed E-state index contributed by atoms with van der Waals surface area (Å²) >= 11 is 0.